The minimum absolute atomic E-state index is 0.414. The molecule has 0 saturated carbocycles. The maximum absolute atomic E-state index is 8.59. The molecule has 0 bridgehead atoms. The van der Waals surface area contributed by atoms with Crippen molar-refractivity contribution in [2.24, 2.45) is 0 Å². The molecule has 72 valence electrons. The largest absolute Gasteiger partial charge is 0.486 e. The van der Waals surface area contributed by atoms with Crippen LogP contribution < -0.4 is 9.47 Å². The summed E-state index contributed by atoms with van der Waals surface area (Å²) in [5.74, 6) is 1.58. The number of fused-ring (bicyclic) bond motifs is 1. The van der Waals surface area contributed by atoms with Gasteiger partial charge in [0, 0.05) is 0 Å². The number of hydrogen-bond acceptors (Lipinski definition) is 3. The zero-order valence-electron chi connectivity index (χ0n) is 8.04. The Hall–Kier alpha value is -1.69. The van der Waals surface area contributed by atoms with Crippen molar-refractivity contribution < 1.29 is 9.47 Å². The molecular weight excluding hydrogens is 178 g/mol. The van der Waals surface area contributed by atoms with Gasteiger partial charge in [-0.15, -0.1) is 0 Å². The molecule has 0 amide bonds. The fourth-order valence-corrected chi connectivity index (χ4v) is 1.59. The maximum Gasteiger partial charge on any atom is 0.164 e. The third kappa shape index (κ3) is 1.51. The van der Waals surface area contributed by atoms with E-state index in [9.17, 15) is 0 Å². The molecule has 0 radical (unpaired) electrons. The van der Waals surface area contributed by atoms with Crippen molar-refractivity contribution in [3.8, 4) is 17.6 Å². The van der Waals surface area contributed by atoms with Gasteiger partial charge in [0.25, 0.3) is 0 Å². The number of nitrogens with zero attached hydrogens (tertiary/aromatic N) is 1. The smallest absolute Gasteiger partial charge is 0.164 e. The minimum atomic E-state index is 0.414. The molecule has 0 saturated heterocycles. The van der Waals surface area contributed by atoms with Gasteiger partial charge < -0.3 is 9.47 Å². The van der Waals surface area contributed by atoms with Crippen molar-refractivity contribution in [1.82, 2.24) is 0 Å². The molecular formula is C11H11NO2. The summed E-state index contributed by atoms with van der Waals surface area (Å²) in [5.41, 5.74) is 2.02. The topological polar surface area (TPSA) is 42.2 Å². The molecule has 1 aliphatic rings. The summed E-state index contributed by atoms with van der Waals surface area (Å²) in [6.07, 6.45) is 0.414. The number of benzene rings is 1. The van der Waals surface area contributed by atoms with E-state index in [-0.39, 0.29) is 0 Å². The maximum atomic E-state index is 8.59. The number of hydrogen-bond donors (Lipinski definition) is 0. The molecule has 3 nitrogen and oxygen atoms in total. The highest BCUT2D eigenvalue weighted by Gasteiger charge is 2.14. The van der Waals surface area contributed by atoms with E-state index in [0.29, 0.717) is 19.6 Å². The summed E-state index contributed by atoms with van der Waals surface area (Å²) in [6, 6.07) is 5.97. The van der Waals surface area contributed by atoms with E-state index in [2.05, 4.69) is 6.07 Å². The standard InChI is InChI=1S/C11H11NO2/c1-8-6-9(2-3-12)7-10-11(8)14-5-4-13-10/h6-7H,2,4-5H2,1H3. The Kier molecular flexibility index (Phi) is 2.28. The van der Waals surface area contributed by atoms with Crippen molar-refractivity contribution in [2.75, 3.05) is 13.2 Å². The van der Waals surface area contributed by atoms with Gasteiger partial charge in [0.2, 0.25) is 0 Å². The van der Waals surface area contributed by atoms with Gasteiger partial charge in [-0.1, -0.05) is 6.07 Å². The van der Waals surface area contributed by atoms with Crippen LogP contribution in [0.5, 0.6) is 11.5 Å². The molecule has 0 aliphatic carbocycles. The average molecular weight is 189 g/mol. The van der Waals surface area contributed by atoms with Crippen molar-refractivity contribution in [3.05, 3.63) is 23.3 Å². The van der Waals surface area contributed by atoms with Crippen molar-refractivity contribution in [1.29, 1.82) is 5.26 Å². The second-order valence-electron chi connectivity index (χ2n) is 3.27. The number of ether oxygens (including phenoxy) is 2. The van der Waals surface area contributed by atoms with Crippen LogP contribution in [0.15, 0.2) is 12.1 Å². The molecule has 2 rings (SSSR count). The summed E-state index contributed by atoms with van der Waals surface area (Å²) in [6.45, 7) is 3.16. The minimum Gasteiger partial charge on any atom is -0.486 e. The van der Waals surface area contributed by atoms with Crippen molar-refractivity contribution >= 4 is 0 Å². The molecule has 1 aliphatic heterocycles. The van der Waals surface area contributed by atoms with Gasteiger partial charge in [-0.2, -0.15) is 5.26 Å². The first-order valence-corrected chi connectivity index (χ1v) is 4.57. The van der Waals surface area contributed by atoms with Crippen LogP contribution in [0.4, 0.5) is 0 Å². The van der Waals surface area contributed by atoms with Gasteiger partial charge in [-0.3, -0.25) is 0 Å². The molecule has 0 N–H and O–H groups in total. The molecule has 1 heterocycles. The Morgan fingerprint density at radius 2 is 2.14 bits per heavy atom. The highest BCUT2D eigenvalue weighted by molar-refractivity contribution is 5.50. The summed E-state index contributed by atoms with van der Waals surface area (Å²) in [5, 5.41) is 8.59. The molecule has 1 aromatic rings. The van der Waals surface area contributed by atoms with Crippen molar-refractivity contribution in [3.63, 3.8) is 0 Å². The lowest BCUT2D eigenvalue weighted by Gasteiger charge is -2.20. The Labute approximate surface area is 82.9 Å². The Bertz CT molecular complexity index is 393. The van der Waals surface area contributed by atoms with E-state index in [0.717, 1.165) is 22.6 Å². The summed E-state index contributed by atoms with van der Waals surface area (Å²) >= 11 is 0. The molecule has 0 aromatic heterocycles. The van der Waals surface area contributed by atoms with Crippen LogP contribution in [0.25, 0.3) is 0 Å². The normalized spacial score (nSPS) is 13.4. The first-order valence-electron chi connectivity index (χ1n) is 4.57. The van der Waals surface area contributed by atoms with Gasteiger partial charge >= 0.3 is 0 Å². The lowest BCUT2D eigenvalue weighted by Crippen LogP contribution is -2.16. The number of nitriles is 1. The first kappa shape index (κ1) is 8.89. The Morgan fingerprint density at radius 3 is 2.93 bits per heavy atom. The van der Waals surface area contributed by atoms with Gasteiger partial charge in [-0.25, -0.2) is 0 Å². The lowest BCUT2D eigenvalue weighted by molar-refractivity contribution is 0.170. The van der Waals surface area contributed by atoms with Crippen LogP contribution >= 0.6 is 0 Å². The van der Waals surface area contributed by atoms with E-state index in [1.807, 2.05) is 19.1 Å². The van der Waals surface area contributed by atoms with Gasteiger partial charge in [0.1, 0.15) is 13.2 Å². The van der Waals surface area contributed by atoms with Crippen LogP contribution in [0.2, 0.25) is 0 Å². The zero-order valence-corrected chi connectivity index (χ0v) is 8.04. The van der Waals surface area contributed by atoms with E-state index in [1.165, 1.54) is 0 Å². The number of rotatable bonds is 1. The first-order chi connectivity index (χ1) is 6.81. The van der Waals surface area contributed by atoms with Crippen LogP contribution in [0, 0.1) is 18.3 Å². The SMILES string of the molecule is Cc1cc(CC#N)cc2c1OCCO2. The molecule has 0 spiro atoms. The van der Waals surface area contributed by atoms with Gasteiger partial charge in [0.05, 0.1) is 12.5 Å². The van der Waals surface area contributed by atoms with Crippen LogP contribution in [0.3, 0.4) is 0 Å². The monoisotopic (exact) mass is 189 g/mol. The summed E-state index contributed by atoms with van der Waals surface area (Å²) in [4.78, 5) is 0. The fraction of sp³-hybridized carbons (Fsp3) is 0.364. The van der Waals surface area contributed by atoms with Crippen LogP contribution in [0.1, 0.15) is 11.1 Å². The summed E-state index contributed by atoms with van der Waals surface area (Å²) < 4.78 is 10.9. The van der Waals surface area contributed by atoms with Crippen LogP contribution in [-0.2, 0) is 6.42 Å². The molecule has 0 unspecified atom stereocenters. The second-order valence-corrected chi connectivity index (χ2v) is 3.27. The quantitative estimate of drug-likeness (QED) is 0.676. The predicted octanol–water partition coefficient (Wildman–Crippen LogP) is 1.83. The zero-order chi connectivity index (χ0) is 9.97. The lowest BCUT2D eigenvalue weighted by atomic mass is 10.1. The molecule has 0 fully saturated rings. The van der Waals surface area contributed by atoms with Crippen LogP contribution in [-0.4, -0.2) is 13.2 Å². The van der Waals surface area contributed by atoms with Crippen molar-refractivity contribution in [2.45, 2.75) is 13.3 Å². The predicted molar refractivity (Wildman–Crippen MR) is 51.5 cm³/mol. The van der Waals surface area contributed by atoms with E-state index in [1.54, 1.807) is 0 Å². The summed E-state index contributed by atoms with van der Waals surface area (Å²) in [7, 11) is 0. The van der Waals surface area contributed by atoms with E-state index in [4.69, 9.17) is 14.7 Å². The Balaban J connectivity index is 2.42. The van der Waals surface area contributed by atoms with E-state index >= 15 is 0 Å². The van der Waals surface area contributed by atoms with Gasteiger partial charge in [0.15, 0.2) is 11.5 Å². The highest BCUT2D eigenvalue weighted by atomic mass is 16.6. The third-order valence-electron chi connectivity index (χ3n) is 2.17. The van der Waals surface area contributed by atoms with E-state index < -0.39 is 0 Å². The molecule has 3 heteroatoms. The fourth-order valence-electron chi connectivity index (χ4n) is 1.59. The molecule has 0 atom stereocenters. The average Bonchev–Trinajstić information content (AvgIpc) is 2.18. The second kappa shape index (κ2) is 3.59. The Morgan fingerprint density at radius 1 is 1.36 bits per heavy atom. The van der Waals surface area contributed by atoms with Gasteiger partial charge in [-0.05, 0) is 24.1 Å². The molecule has 1 aromatic carbocycles. The third-order valence-corrected chi connectivity index (χ3v) is 2.17. The molecule has 14 heavy (non-hydrogen) atoms. The highest BCUT2D eigenvalue weighted by Crippen LogP contribution is 2.34. The number of aryl methyl sites for hydroxylation is 1.